The fraction of sp³-hybridized carbons (Fsp3) is 0.105. The topological polar surface area (TPSA) is 93.5 Å². The fourth-order valence-electron chi connectivity index (χ4n) is 2.39. The zero-order valence-electron chi connectivity index (χ0n) is 14.3. The van der Waals surface area contributed by atoms with Gasteiger partial charge in [0.25, 0.3) is 11.8 Å². The van der Waals surface area contributed by atoms with Gasteiger partial charge in [0.15, 0.2) is 0 Å². The zero-order valence-corrected chi connectivity index (χ0v) is 14.3. The lowest BCUT2D eigenvalue weighted by atomic mass is 10.1. The molecule has 2 N–H and O–H groups in total. The second-order valence-electron chi connectivity index (χ2n) is 5.39. The predicted octanol–water partition coefficient (Wildman–Crippen LogP) is 2.96. The van der Waals surface area contributed by atoms with Gasteiger partial charge in [-0.15, -0.1) is 0 Å². The molecule has 3 aromatic rings. The molecule has 0 fully saturated rings. The standard InChI is InChI=1S/C19H17N3O4/c1-20-18(23)14-10-13(25-2)8-9-15(14)21-19(24)17-11-16(22-26-17)12-6-4-3-5-7-12/h3-11H,1-2H3,(H,20,23)(H,21,24). The van der Waals surface area contributed by atoms with Gasteiger partial charge in [0.1, 0.15) is 11.4 Å². The third-order valence-corrected chi connectivity index (χ3v) is 3.75. The van der Waals surface area contributed by atoms with Crippen LogP contribution in [0.25, 0.3) is 11.3 Å². The van der Waals surface area contributed by atoms with Crippen LogP contribution in [0.3, 0.4) is 0 Å². The van der Waals surface area contributed by atoms with Gasteiger partial charge in [0.2, 0.25) is 5.76 Å². The Bertz CT molecular complexity index is 935. The van der Waals surface area contributed by atoms with E-state index in [1.807, 2.05) is 30.3 Å². The van der Waals surface area contributed by atoms with Gasteiger partial charge in [-0.1, -0.05) is 35.5 Å². The molecule has 1 heterocycles. The van der Waals surface area contributed by atoms with Crippen molar-refractivity contribution in [3.8, 4) is 17.0 Å². The van der Waals surface area contributed by atoms with Crippen molar-refractivity contribution in [1.82, 2.24) is 10.5 Å². The summed E-state index contributed by atoms with van der Waals surface area (Å²) < 4.78 is 10.3. The molecule has 7 heteroatoms. The van der Waals surface area contributed by atoms with E-state index in [9.17, 15) is 9.59 Å². The van der Waals surface area contributed by atoms with E-state index in [2.05, 4.69) is 15.8 Å². The lowest BCUT2D eigenvalue weighted by molar-refractivity contribution is 0.0963. The van der Waals surface area contributed by atoms with E-state index in [-0.39, 0.29) is 17.2 Å². The second kappa shape index (κ2) is 7.52. The summed E-state index contributed by atoms with van der Waals surface area (Å²) in [6.07, 6.45) is 0. The molecule has 2 aromatic carbocycles. The number of ether oxygens (including phenoxy) is 1. The normalized spacial score (nSPS) is 10.2. The Morgan fingerprint density at radius 2 is 1.81 bits per heavy atom. The summed E-state index contributed by atoms with van der Waals surface area (Å²) in [6.45, 7) is 0. The van der Waals surface area contributed by atoms with Gasteiger partial charge >= 0.3 is 0 Å². The number of nitrogens with one attached hydrogen (secondary N) is 2. The average molecular weight is 351 g/mol. The third-order valence-electron chi connectivity index (χ3n) is 3.75. The van der Waals surface area contributed by atoms with Crippen LogP contribution in [0.5, 0.6) is 5.75 Å². The minimum absolute atomic E-state index is 0.0440. The first-order chi connectivity index (χ1) is 12.6. The molecular formula is C19H17N3O4. The number of anilines is 1. The molecule has 3 rings (SSSR count). The van der Waals surface area contributed by atoms with Crippen LogP contribution >= 0.6 is 0 Å². The van der Waals surface area contributed by atoms with Gasteiger partial charge in [-0.2, -0.15) is 0 Å². The van der Waals surface area contributed by atoms with Crippen LogP contribution < -0.4 is 15.4 Å². The maximum Gasteiger partial charge on any atom is 0.294 e. The summed E-state index contributed by atoms with van der Waals surface area (Å²) in [5.74, 6) is -0.299. The summed E-state index contributed by atoms with van der Waals surface area (Å²) in [7, 11) is 3.01. The molecule has 0 saturated heterocycles. The SMILES string of the molecule is CNC(=O)c1cc(OC)ccc1NC(=O)c1cc(-c2ccccc2)no1. The molecule has 0 radical (unpaired) electrons. The number of amides is 2. The number of hydrogen-bond donors (Lipinski definition) is 2. The van der Waals surface area contributed by atoms with Gasteiger partial charge in [0, 0.05) is 18.7 Å². The average Bonchev–Trinajstić information content (AvgIpc) is 3.18. The van der Waals surface area contributed by atoms with E-state index in [0.29, 0.717) is 17.1 Å². The van der Waals surface area contributed by atoms with Gasteiger partial charge in [-0.05, 0) is 18.2 Å². The Morgan fingerprint density at radius 1 is 1.04 bits per heavy atom. The molecule has 0 aliphatic carbocycles. The second-order valence-corrected chi connectivity index (χ2v) is 5.39. The monoisotopic (exact) mass is 351 g/mol. The molecule has 132 valence electrons. The summed E-state index contributed by atoms with van der Waals surface area (Å²) in [5.41, 5.74) is 2.01. The van der Waals surface area contributed by atoms with E-state index in [1.54, 1.807) is 24.3 Å². The fourth-order valence-corrected chi connectivity index (χ4v) is 2.39. The molecule has 0 saturated carbocycles. The molecule has 0 bridgehead atoms. The molecule has 2 amide bonds. The highest BCUT2D eigenvalue weighted by atomic mass is 16.5. The largest absolute Gasteiger partial charge is 0.497 e. The van der Waals surface area contributed by atoms with Gasteiger partial charge in [-0.25, -0.2) is 0 Å². The number of carbonyl (C=O) groups excluding carboxylic acids is 2. The van der Waals surface area contributed by atoms with Crippen molar-refractivity contribution >= 4 is 17.5 Å². The Kier molecular flexibility index (Phi) is 4.98. The maximum absolute atomic E-state index is 12.5. The lowest BCUT2D eigenvalue weighted by Gasteiger charge is -2.10. The number of benzene rings is 2. The zero-order chi connectivity index (χ0) is 18.5. The summed E-state index contributed by atoms with van der Waals surface area (Å²) in [4.78, 5) is 24.5. The van der Waals surface area contributed by atoms with Crippen molar-refractivity contribution in [3.63, 3.8) is 0 Å². The van der Waals surface area contributed by atoms with Crippen molar-refractivity contribution < 1.29 is 18.8 Å². The van der Waals surface area contributed by atoms with Crippen LogP contribution in [0.2, 0.25) is 0 Å². The highest BCUT2D eigenvalue weighted by Crippen LogP contribution is 2.24. The van der Waals surface area contributed by atoms with Crippen molar-refractivity contribution in [2.24, 2.45) is 0 Å². The summed E-state index contributed by atoms with van der Waals surface area (Å²) in [5, 5.41) is 9.11. The maximum atomic E-state index is 12.5. The molecule has 1 aromatic heterocycles. The van der Waals surface area contributed by atoms with Crippen LogP contribution in [-0.2, 0) is 0 Å². The van der Waals surface area contributed by atoms with Crippen LogP contribution in [-0.4, -0.2) is 31.1 Å². The molecule has 0 atom stereocenters. The minimum atomic E-state index is -0.505. The lowest BCUT2D eigenvalue weighted by Crippen LogP contribution is -2.21. The predicted molar refractivity (Wildman–Crippen MR) is 96.3 cm³/mol. The third kappa shape index (κ3) is 3.56. The Morgan fingerprint density at radius 3 is 2.50 bits per heavy atom. The van der Waals surface area contributed by atoms with Crippen LogP contribution in [0, 0.1) is 0 Å². The molecule has 0 spiro atoms. The first-order valence-corrected chi connectivity index (χ1v) is 7.86. The number of aromatic nitrogens is 1. The van der Waals surface area contributed by atoms with Crippen molar-refractivity contribution in [2.45, 2.75) is 0 Å². The van der Waals surface area contributed by atoms with Crippen molar-refractivity contribution in [2.75, 3.05) is 19.5 Å². The van der Waals surface area contributed by atoms with E-state index in [4.69, 9.17) is 9.26 Å². The minimum Gasteiger partial charge on any atom is -0.497 e. The molecular weight excluding hydrogens is 334 g/mol. The van der Waals surface area contributed by atoms with E-state index >= 15 is 0 Å². The Labute approximate surface area is 150 Å². The molecule has 0 aliphatic heterocycles. The first kappa shape index (κ1) is 17.2. The number of nitrogens with zero attached hydrogens (tertiary/aromatic N) is 1. The highest BCUT2D eigenvalue weighted by Gasteiger charge is 2.18. The molecule has 7 nitrogen and oxygen atoms in total. The number of hydrogen-bond acceptors (Lipinski definition) is 5. The van der Waals surface area contributed by atoms with Crippen molar-refractivity contribution in [1.29, 1.82) is 0 Å². The Balaban J connectivity index is 1.84. The van der Waals surface area contributed by atoms with Crippen molar-refractivity contribution in [3.05, 3.63) is 65.9 Å². The van der Waals surface area contributed by atoms with Gasteiger partial charge in [-0.3, -0.25) is 9.59 Å². The molecule has 26 heavy (non-hydrogen) atoms. The van der Waals surface area contributed by atoms with Crippen LogP contribution in [0.1, 0.15) is 20.9 Å². The quantitative estimate of drug-likeness (QED) is 0.737. The Hall–Kier alpha value is -3.61. The summed E-state index contributed by atoms with van der Waals surface area (Å²) >= 11 is 0. The van der Waals surface area contributed by atoms with E-state index < -0.39 is 5.91 Å². The smallest absolute Gasteiger partial charge is 0.294 e. The van der Waals surface area contributed by atoms with Gasteiger partial charge in [0.05, 0.1) is 18.4 Å². The summed E-state index contributed by atoms with van der Waals surface area (Å²) in [6, 6.07) is 15.7. The number of carbonyl (C=O) groups is 2. The van der Waals surface area contributed by atoms with E-state index in [0.717, 1.165) is 5.56 Å². The van der Waals surface area contributed by atoms with Gasteiger partial charge < -0.3 is 19.9 Å². The highest BCUT2D eigenvalue weighted by molar-refractivity contribution is 6.08. The number of methoxy groups -OCH3 is 1. The molecule has 0 aliphatic rings. The first-order valence-electron chi connectivity index (χ1n) is 7.86. The van der Waals surface area contributed by atoms with Crippen LogP contribution in [0.15, 0.2) is 59.1 Å². The molecule has 0 unspecified atom stereocenters. The van der Waals surface area contributed by atoms with Crippen LogP contribution in [0.4, 0.5) is 5.69 Å². The number of rotatable bonds is 5. The van der Waals surface area contributed by atoms with E-state index in [1.165, 1.54) is 14.2 Å².